The van der Waals surface area contributed by atoms with Gasteiger partial charge in [0.2, 0.25) is 5.91 Å². The first kappa shape index (κ1) is 21.8. The Morgan fingerprint density at radius 2 is 1.71 bits per heavy atom. The van der Waals surface area contributed by atoms with Gasteiger partial charge in [-0.1, -0.05) is 0 Å². The Bertz CT molecular complexity index is 710. The molecule has 0 spiro atoms. The molecule has 3 amide bonds. The highest BCUT2D eigenvalue weighted by Crippen LogP contribution is 2.33. The fourth-order valence-corrected chi connectivity index (χ4v) is 2.89. The predicted molar refractivity (Wildman–Crippen MR) is 95.4 cm³/mol. The average Bonchev–Trinajstić information content (AvgIpc) is 2.60. The standard InChI is InChI=1S/C18H24F3N3O4/c1-3-27-14-7-12-5-6-24(9-13(12)8-15(14)28-4-2)10-16(25)23-17(26)22-11-18(19,20)21/h7-8H,3-6,9-11H2,1-2H3,(H2,22,23,25,26). The molecule has 0 fully saturated rings. The van der Waals surface area contributed by atoms with Gasteiger partial charge in [0.05, 0.1) is 19.8 Å². The SMILES string of the molecule is CCOc1cc2c(cc1OCC)CN(CC(=O)NC(=O)NCC(F)(F)F)CC2. The monoisotopic (exact) mass is 403 g/mol. The van der Waals surface area contributed by atoms with E-state index < -0.39 is 24.7 Å². The molecule has 0 bridgehead atoms. The molecule has 2 N–H and O–H groups in total. The zero-order valence-corrected chi connectivity index (χ0v) is 15.8. The third kappa shape index (κ3) is 6.59. The molecule has 1 aliphatic heterocycles. The van der Waals surface area contributed by atoms with E-state index in [0.717, 1.165) is 11.1 Å². The topological polar surface area (TPSA) is 79.9 Å². The zero-order chi connectivity index (χ0) is 20.7. The van der Waals surface area contributed by atoms with Crippen LogP contribution < -0.4 is 20.1 Å². The molecule has 1 aromatic rings. The van der Waals surface area contributed by atoms with Crippen molar-refractivity contribution in [1.82, 2.24) is 15.5 Å². The van der Waals surface area contributed by atoms with Crippen LogP contribution in [0, 0.1) is 0 Å². The fourth-order valence-electron chi connectivity index (χ4n) is 2.89. The summed E-state index contributed by atoms with van der Waals surface area (Å²) in [6.45, 7) is 4.20. The first-order chi connectivity index (χ1) is 13.2. The molecule has 1 aliphatic rings. The zero-order valence-electron chi connectivity index (χ0n) is 15.8. The van der Waals surface area contributed by atoms with Crippen LogP contribution in [-0.2, 0) is 17.8 Å². The summed E-state index contributed by atoms with van der Waals surface area (Å²) in [6, 6.07) is 2.65. The number of amides is 3. The highest BCUT2D eigenvalue weighted by Gasteiger charge is 2.28. The third-order valence-electron chi connectivity index (χ3n) is 4.03. The second-order valence-corrected chi connectivity index (χ2v) is 6.24. The van der Waals surface area contributed by atoms with Gasteiger partial charge in [0.1, 0.15) is 6.54 Å². The maximum absolute atomic E-state index is 12.1. The van der Waals surface area contributed by atoms with Gasteiger partial charge in [0.25, 0.3) is 0 Å². The van der Waals surface area contributed by atoms with E-state index in [2.05, 4.69) is 0 Å². The number of hydrogen-bond donors (Lipinski definition) is 2. The molecule has 0 saturated heterocycles. The van der Waals surface area contributed by atoms with Crippen LogP contribution in [0.25, 0.3) is 0 Å². The first-order valence-corrected chi connectivity index (χ1v) is 9.00. The van der Waals surface area contributed by atoms with Crippen molar-refractivity contribution in [3.05, 3.63) is 23.3 Å². The summed E-state index contributed by atoms with van der Waals surface area (Å²) in [4.78, 5) is 25.1. The molecular weight excluding hydrogens is 379 g/mol. The predicted octanol–water partition coefficient (Wildman–Crippen LogP) is 2.23. The van der Waals surface area contributed by atoms with Crippen molar-refractivity contribution in [3.8, 4) is 11.5 Å². The Hall–Kier alpha value is -2.49. The van der Waals surface area contributed by atoms with Crippen molar-refractivity contribution in [2.45, 2.75) is 33.0 Å². The summed E-state index contributed by atoms with van der Waals surface area (Å²) in [5.74, 6) is 0.635. The maximum atomic E-state index is 12.1. The smallest absolute Gasteiger partial charge is 0.405 e. The lowest BCUT2D eigenvalue weighted by molar-refractivity contribution is -0.125. The van der Waals surface area contributed by atoms with E-state index in [9.17, 15) is 22.8 Å². The minimum atomic E-state index is -4.53. The van der Waals surface area contributed by atoms with Gasteiger partial charge in [-0.15, -0.1) is 0 Å². The van der Waals surface area contributed by atoms with Crippen LogP contribution in [-0.4, -0.2) is 55.9 Å². The Morgan fingerprint density at radius 1 is 1.11 bits per heavy atom. The van der Waals surface area contributed by atoms with Gasteiger partial charge in [0.15, 0.2) is 11.5 Å². The molecule has 0 aliphatic carbocycles. The lowest BCUT2D eigenvalue weighted by atomic mass is 9.99. The molecule has 28 heavy (non-hydrogen) atoms. The number of ether oxygens (including phenoxy) is 2. The van der Waals surface area contributed by atoms with E-state index in [1.54, 1.807) is 5.32 Å². The molecule has 0 atom stereocenters. The number of carbonyl (C=O) groups excluding carboxylic acids is 2. The number of rotatable bonds is 7. The second-order valence-electron chi connectivity index (χ2n) is 6.24. The van der Waals surface area contributed by atoms with Crippen LogP contribution in [0.5, 0.6) is 11.5 Å². The van der Waals surface area contributed by atoms with E-state index in [1.807, 2.05) is 36.2 Å². The lowest BCUT2D eigenvalue weighted by Crippen LogP contribution is -2.47. The summed E-state index contributed by atoms with van der Waals surface area (Å²) in [5, 5.41) is 3.51. The molecule has 1 aromatic carbocycles. The van der Waals surface area contributed by atoms with Crippen molar-refractivity contribution in [2.75, 3.05) is 32.8 Å². The van der Waals surface area contributed by atoms with Crippen molar-refractivity contribution in [2.24, 2.45) is 0 Å². The van der Waals surface area contributed by atoms with Gasteiger partial charge in [-0.3, -0.25) is 15.0 Å². The number of hydrogen-bond acceptors (Lipinski definition) is 5. The molecule has 10 heteroatoms. The van der Waals surface area contributed by atoms with Gasteiger partial charge >= 0.3 is 12.2 Å². The lowest BCUT2D eigenvalue weighted by Gasteiger charge is -2.29. The van der Waals surface area contributed by atoms with Crippen LogP contribution >= 0.6 is 0 Å². The molecule has 0 aromatic heterocycles. The molecule has 156 valence electrons. The molecule has 7 nitrogen and oxygen atoms in total. The van der Waals surface area contributed by atoms with E-state index in [0.29, 0.717) is 44.2 Å². The molecule has 1 heterocycles. The normalized spacial score (nSPS) is 14.2. The Labute approximate surface area is 161 Å². The van der Waals surface area contributed by atoms with Crippen LogP contribution in [0.15, 0.2) is 12.1 Å². The summed E-state index contributed by atoms with van der Waals surface area (Å²) in [6.07, 6.45) is -3.86. The minimum absolute atomic E-state index is 0.101. The van der Waals surface area contributed by atoms with Crippen molar-refractivity contribution in [1.29, 1.82) is 0 Å². The van der Waals surface area contributed by atoms with Crippen molar-refractivity contribution in [3.63, 3.8) is 0 Å². The molecule has 0 saturated carbocycles. The minimum Gasteiger partial charge on any atom is -0.490 e. The van der Waals surface area contributed by atoms with Crippen LogP contribution in [0.4, 0.5) is 18.0 Å². The highest BCUT2D eigenvalue weighted by molar-refractivity contribution is 5.95. The van der Waals surface area contributed by atoms with Crippen molar-refractivity contribution >= 4 is 11.9 Å². The summed E-state index contributed by atoms with van der Waals surface area (Å²) in [5.41, 5.74) is 2.07. The number of carbonyl (C=O) groups is 2. The van der Waals surface area contributed by atoms with Gasteiger partial charge in [-0.2, -0.15) is 13.2 Å². The fraction of sp³-hybridized carbons (Fsp3) is 0.556. The first-order valence-electron chi connectivity index (χ1n) is 9.00. The Kier molecular flexibility index (Phi) is 7.50. The quantitative estimate of drug-likeness (QED) is 0.730. The van der Waals surface area contributed by atoms with Crippen LogP contribution in [0.2, 0.25) is 0 Å². The number of urea groups is 1. The van der Waals surface area contributed by atoms with Crippen LogP contribution in [0.1, 0.15) is 25.0 Å². The van der Waals surface area contributed by atoms with Gasteiger partial charge in [0, 0.05) is 13.1 Å². The molecule has 0 unspecified atom stereocenters. The third-order valence-corrected chi connectivity index (χ3v) is 4.03. The van der Waals surface area contributed by atoms with Gasteiger partial charge in [-0.25, -0.2) is 4.79 Å². The summed E-state index contributed by atoms with van der Waals surface area (Å²) >= 11 is 0. The highest BCUT2D eigenvalue weighted by atomic mass is 19.4. The summed E-state index contributed by atoms with van der Waals surface area (Å²) < 4.78 is 47.5. The number of alkyl halides is 3. The average molecular weight is 403 g/mol. The molecule has 0 radical (unpaired) electrons. The number of benzene rings is 1. The maximum Gasteiger partial charge on any atom is 0.405 e. The van der Waals surface area contributed by atoms with Crippen molar-refractivity contribution < 1.29 is 32.2 Å². The number of fused-ring (bicyclic) bond motifs is 1. The second kappa shape index (κ2) is 9.63. The molecular formula is C18H24F3N3O4. The Balaban J connectivity index is 1.94. The Morgan fingerprint density at radius 3 is 2.29 bits per heavy atom. The van der Waals surface area contributed by atoms with Gasteiger partial charge < -0.3 is 14.8 Å². The molecule has 2 rings (SSSR count). The summed E-state index contributed by atoms with van der Waals surface area (Å²) in [7, 11) is 0. The van der Waals surface area contributed by atoms with Crippen LogP contribution in [0.3, 0.4) is 0 Å². The number of imide groups is 1. The van der Waals surface area contributed by atoms with Gasteiger partial charge in [-0.05, 0) is 43.5 Å². The number of nitrogens with one attached hydrogen (secondary N) is 2. The van der Waals surface area contributed by atoms with E-state index in [1.165, 1.54) is 0 Å². The van der Waals surface area contributed by atoms with E-state index in [-0.39, 0.29) is 6.54 Å². The van der Waals surface area contributed by atoms with E-state index >= 15 is 0 Å². The number of halogens is 3. The largest absolute Gasteiger partial charge is 0.490 e. The van der Waals surface area contributed by atoms with E-state index in [4.69, 9.17) is 9.47 Å². The number of nitrogens with zero attached hydrogens (tertiary/aromatic N) is 1.